The summed E-state index contributed by atoms with van der Waals surface area (Å²) in [6.45, 7) is 6.47. The molecule has 0 saturated carbocycles. The first-order valence-electron chi connectivity index (χ1n) is 12.8. The van der Waals surface area contributed by atoms with Gasteiger partial charge in [-0.25, -0.2) is 4.79 Å². The number of carbonyl (C=O) groups excluding carboxylic acids is 1. The number of rotatable bonds is 21. The molecule has 1 N–H and O–H groups in total. The van der Waals surface area contributed by atoms with E-state index < -0.39 is 13.7 Å². The highest BCUT2D eigenvalue weighted by Crippen LogP contribution is 2.16. The molecule has 6 heteroatoms. The Morgan fingerprint density at radius 3 is 1.75 bits per heavy atom. The van der Waals surface area contributed by atoms with E-state index in [1.54, 1.807) is 0 Å². The molecule has 0 radical (unpaired) electrons. The van der Waals surface area contributed by atoms with Gasteiger partial charge in [-0.1, -0.05) is 97.0 Å². The molecular weight excluding hydrogens is 421 g/mol. The van der Waals surface area contributed by atoms with Crippen molar-refractivity contribution >= 4 is 19.2 Å². The predicted octanol–water partition coefficient (Wildman–Crippen LogP) is 5.92. The van der Waals surface area contributed by atoms with Crippen molar-refractivity contribution in [2.45, 2.75) is 103 Å². The third kappa shape index (κ3) is 19.9. The molecule has 1 atom stereocenters. The standard InChI is InChI=1S/C26H50NO4P/c1-6-7-8-9-10-11-12-13-14-15-16-17-18-19-20-24(2)26(29)31-21-22-32(30)25(28)23-27(3,4)5/h2,6-23H2,1,3-5H3/p+1. The molecule has 0 rings (SSSR count). The van der Waals surface area contributed by atoms with Gasteiger partial charge in [-0.05, 0) is 12.8 Å². The maximum atomic E-state index is 12.0. The Kier molecular flexibility index (Phi) is 19.2. The molecule has 5 nitrogen and oxygen atoms in total. The zero-order chi connectivity index (χ0) is 24.2. The molecule has 1 unspecified atom stereocenters. The zero-order valence-corrected chi connectivity index (χ0v) is 22.4. The van der Waals surface area contributed by atoms with Gasteiger partial charge in [0.2, 0.25) is 0 Å². The smallest absolute Gasteiger partial charge is 0.333 e. The van der Waals surface area contributed by atoms with E-state index in [1.165, 1.54) is 77.0 Å². The number of carbonyl (C=O) groups is 1. The second kappa shape index (κ2) is 19.7. The minimum absolute atomic E-state index is 0.0233. The van der Waals surface area contributed by atoms with Crippen molar-refractivity contribution in [1.82, 2.24) is 0 Å². The maximum absolute atomic E-state index is 12.0. The Morgan fingerprint density at radius 1 is 0.875 bits per heavy atom. The van der Waals surface area contributed by atoms with Gasteiger partial charge in [-0.15, -0.1) is 0 Å². The number of ether oxygens (including phenoxy) is 1. The Labute approximate surface area is 199 Å². The fraction of sp³-hybridized carbons (Fsp3) is 0.846. The van der Waals surface area contributed by atoms with Gasteiger partial charge in [0.1, 0.15) is 12.8 Å². The van der Waals surface area contributed by atoms with Gasteiger partial charge in [0.25, 0.3) is 5.48 Å². The molecule has 0 aliphatic rings. The monoisotopic (exact) mass is 472 g/mol. The molecule has 0 aromatic carbocycles. The Morgan fingerprint density at radius 2 is 1.31 bits per heavy atom. The highest BCUT2D eigenvalue weighted by molar-refractivity contribution is 7.51. The van der Waals surface area contributed by atoms with Crippen molar-refractivity contribution in [2.24, 2.45) is 0 Å². The zero-order valence-electron chi connectivity index (χ0n) is 21.5. The predicted molar refractivity (Wildman–Crippen MR) is 137 cm³/mol. The van der Waals surface area contributed by atoms with E-state index in [4.69, 9.17) is 4.74 Å². The normalized spacial score (nSPS) is 12.6. The van der Waals surface area contributed by atoms with Crippen LogP contribution in [0.1, 0.15) is 103 Å². The van der Waals surface area contributed by atoms with Crippen LogP contribution in [-0.2, 0) is 9.53 Å². The molecule has 0 heterocycles. The topological polar surface area (TPSA) is 69.6 Å². The van der Waals surface area contributed by atoms with Crippen molar-refractivity contribution < 1.29 is 24.0 Å². The first kappa shape index (κ1) is 31.3. The van der Waals surface area contributed by atoms with Crippen LogP contribution in [0.3, 0.4) is 0 Å². The van der Waals surface area contributed by atoms with Crippen molar-refractivity contribution in [1.29, 1.82) is 0 Å². The van der Waals surface area contributed by atoms with Gasteiger partial charge in [0, 0.05) is 5.57 Å². The lowest BCUT2D eigenvalue weighted by atomic mass is 10.0. The quantitative estimate of drug-likeness (QED) is 0.0740. The molecular formula is C26H51NO4P+. The van der Waals surface area contributed by atoms with Crippen LogP contribution >= 0.6 is 7.77 Å². The summed E-state index contributed by atoms with van der Waals surface area (Å²) >= 11 is 0. The molecule has 0 bridgehead atoms. The summed E-state index contributed by atoms with van der Waals surface area (Å²) in [5, 5.41) is 9.88. The summed E-state index contributed by atoms with van der Waals surface area (Å²) in [5.74, 6) is -0.408. The number of esters is 1. The van der Waals surface area contributed by atoms with Crippen LogP contribution in [0.5, 0.6) is 0 Å². The van der Waals surface area contributed by atoms with Gasteiger partial charge in [-0.3, -0.25) is 0 Å². The second-order valence-electron chi connectivity index (χ2n) is 10.1. The molecule has 0 amide bonds. The fourth-order valence-electron chi connectivity index (χ4n) is 3.59. The Balaban J connectivity index is 3.62. The molecule has 0 aliphatic heterocycles. The maximum Gasteiger partial charge on any atom is 0.333 e. The number of aliphatic hydroxyl groups is 1. The van der Waals surface area contributed by atoms with Crippen molar-refractivity contribution in [3.05, 3.63) is 12.2 Å². The number of quaternary nitrogens is 1. The van der Waals surface area contributed by atoms with E-state index in [9.17, 15) is 14.8 Å². The van der Waals surface area contributed by atoms with Crippen LogP contribution in [-0.4, -0.2) is 61.5 Å². The van der Waals surface area contributed by atoms with Crippen LogP contribution in [0.4, 0.5) is 0 Å². The minimum Gasteiger partial charge on any atom is -0.628 e. The van der Waals surface area contributed by atoms with Gasteiger partial charge in [0.15, 0.2) is 6.54 Å². The summed E-state index contributed by atoms with van der Waals surface area (Å²) in [7, 11) is 3.87. The fourth-order valence-corrected chi connectivity index (χ4v) is 4.69. The van der Waals surface area contributed by atoms with Crippen LogP contribution in [0.25, 0.3) is 0 Å². The third-order valence-electron chi connectivity index (χ3n) is 5.55. The second-order valence-corrected chi connectivity index (χ2v) is 11.8. The van der Waals surface area contributed by atoms with E-state index in [0.717, 1.165) is 12.8 Å². The SMILES string of the molecule is C=C(CCCCCCCCCCCCCCCC)C(=O)OCC[P+]([O-])=C(O)C[N+](C)(C)C. The number of nitrogens with zero attached hydrogens (tertiary/aromatic N) is 1. The van der Waals surface area contributed by atoms with Crippen LogP contribution in [0.15, 0.2) is 12.2 Å². The first-order valence-corrected chi connectivity index (χ1v) is 14.3. The van der Waals surface area contributed by atoms with E-state index >= 15 is 0 Å². The van der Waals surface area contributed by atoms with E-state index in [1.807, 2.05) is 21.1 Å². The molecule has 188 valence electrons. The van der Waals surface area contributed by atoms with Crippen molar-refractivity contribution in [3.8, 4) is 0 Å². The van der Waals surface area contributed by atoms with Crippen LogP contribution < -0.4 is 4.89 Å². The number of hydrogen-bond acceptors (Lipinski definition) is 3. The highest BCUT2D eigenvalue weighted by atomic mass is 31.1. The van der Waals surface area contributed by atoms with Gasteiger partial charge in [0.05, 0.1) is 28.9 Å². The van der Waals surface area contributed by atoms with Crippen LogP contribution in [0, 0.1) is 0 Å². The number of hydrogen-bond donors (Lipinski definition) is 1. The van der Waals surface area contributed by atoms with Crippen molar-refractivity contribution in [2.75, 3.05) is 40.5 Å². The average molecular weight is 473 g/mol. The highest BCUT2D eigenvalue weighted by Gasteiger charge is 2.18. The summed E-state index contributed by atoms with van der Waals surface area (Å²) in [4.78, 5) is 24.0. The summed E-state index contributed by atoms with van der Waals surface area (Å²) in [6.07, 6.45) is 19.1. The molecule has 0 aromatic heterocycles. The summed E-state index contributed by atoms with van der Waals surface area (Å²) in [6, 6.07) is 0. The first-order chi connectivity index (χ1) is 15.2. The molecule has 0 spiro atoms. The lowest BCUT2D eigenvalue weighted by Crippen LogP contribution is -2.39. The largest absolute Gasteiger partial charge is 0.628 e. The van der Waals surface area contributed by atoms with E-state index in [2.05, 4.69) is 13.5 Å². The molecule has 0 aliphatic carbocycles. The molecule has 0 fully saturated rings. The van der Waals surface area contributed by atoms with Gasteiger partial charge >= 0.3 is 5.97 Å². The molecule has 32 heavy (non-hydrogen) atoms. The lowest BCUT2D eigenvalue weighted by Gasteiger charge is -2.22. The van der Waals surface area contributed by atoms with E-state index in [-0.39, 0.29) is 18.2 Å². The number of aliphatic hydroxyl groups excluding tert-OH is 1. The Bertz CT molecular complexity index is 540. The van der Waals surface area contributed by atoms with E-state index in [0.29, 0.717) is 23.0 Å². The Hall–Kier alpha value is -0.740. The molecule has 0 saturated heterocycles. The average Bonchev–Trinajstić information content (AvgIpc) is 2.72. The van der Waals surface area contributed by atoms with Gasteiger partial charge in [-0.2, -0.15) is 0 Å². The third-order valence-corrected chi connectivity index (χ3v) is 6.86. The summed E-state index contributed by atoms with van der Waals surface area (Å²) < 4.78 is 5.68. The van der Waals surface area contributed by atoms with Crippen LogP contribution in [0.2, 0.25) is 0 Å². The minimum atomic E-state index is -1.88. The molecule has 0 aromatic rings. The van der Waals surface area contributed by atoms with Gasteiger partial charge < -0.3 is 19.2 Å². The number of likely N-dealkylation sites (N-methyl/N-ethyl adjacent to an activating group) is 1. The summed E-state index contributed by atoms with van der Waals surface area (Å²) in [5.41, 5.74) is 0.462. The number of unbranched alkanes of at least 4 members (excludes halogenated alkanes) is 13. The van der Waals surface area contributed by atoms with Crippen molar-refractivity contribution in [3.63, 3.8) is 0 Å². The lowest BCUT2D eigenvalue weighted by molar-refractivity contribution is -0.861.